The zero-order valence-corrected chi connectivity index (χ0v) is 16.2. The molecule has 0 saturated heterocycles. The second-order valence-corrected chi connectivity index (χ2v) is 7.68. The predicted molar refractivity (Wildman–Crippen MR) is 104 cm³/mol. The molecule has 0 spiro atoms. The number of nitrogen functional groups attached to an aromatic ring is 1. The van der Waals surface area contributed by atoms with E-state index < -0.39 is 0 Å². The van der Waals surface area contributed by atoms with Crippen molar-refractivity contribution in [3.63, 3.8) is 0 Å². The molecule has 0 atom stereocenters. The van der Waals surface area contributed by atoms with Gasteiger partial charge in [0.05, 0.1) is 6.33 Å². The van der Waals surface area contributed by atoms with Crippen LogP contribution in [0.5, 0.6) is 0 Å². The van der Waals surface area contributed by atoms with Gasteiger partial charge in [0.25, 0.3) is 0 Å². The van der Waals surface area contributed by atoms with Crippen LogP contribution >= 0.6 is 35.0 Å². The molecule has 0 amide bonds. The summed E-state index contributed by atoms with van der Waals surface area (Å²) in [5.74, 6) is 1.16. The van der Waals surface area contributed by atoms with Crippen LogP contribution in [0.3, 0.4) is 0 Å². The van der Waals surface area contributed by atoms with Crippen molar-refractivity contribution in [2.24, 2.45) is 0 Å². The SMILES string of the molecule is CCCCCCn1cnc(N)c2nc(Sc3cc(Cl)cc(Cl)c3)nc1-2. The highest BCUT2D eigenvalue weighted by atomic mass is 35.5. The van der Waals surface area contributed by atoms with Crippen LogP contribution in [0.2, 0.25) is 10.0 Å². The summed E-state index contributed by atoms with van der Waals surface area (Å²) in [4.78, 5) is 14.3. The summed E-state index contributed by atoms with van der Waals surface area (Å²) in [5.41, 5.74) is 6.61. The first-order valence-corrected chi connectivity index (χ1v) is 9.76. The first kappa shape index (κ1) is 18.3. The quantitative estimate of drug-likeness (QED) is 0.542. The molecule has 0 saturated carbocycles. The third kappa shape index (κ3) is 4.57. The molecule has 2 heterocycles. The van der Waals surface area contributed by atoms with E-state index in [0.717, 1.165) is 23.7 Å². The molecule has 132 valence electrons. The molecule has 25 heavy (non-hydrogen) atoms. The Morgan fingerprint density at radius 3 is 2.56 bits per heavy atom. The Hall–Kier alpha value is -1.50. The molecule has 0 fully saturated rings. The van der Waals surface area contributed by atoms with Gasteiger partial charge >= 0.3 is 0 Å². The van der Waals surface area contributed by atoms with Crippen molar-refractivity contribution in [1.82, 2.24) is 19.5 Å². The average molecular weight is 396 g/mol. The molecular formula is C17H19Cl2N5S. The molecule has 8 heteroatoms. The van der Waals surface area contributed by atoms with Crippen LogP contribution < -0.4 is 5.73 Å². The van der Waals surface area contributed by atoms with E-state index in [0.29, 0.717) is 26.7 Å². The van der Waals surface area contributed by atoms with E-state index in [1.807, 2.05) is 16.7 Å². The van der Waals surface area contributed by atoms with Crippen LogP contribution in [0.25, 0.3) is 11.5 Å². The summed E-state index contributed by atoms with van der Waals surface area (Å²) in [5, 5.41) is 1.77. The van der Waals surface area contributed by atoms with E-state index >= 15 is 0 Å². The molecule has 2 aliphatic heterocycles. The van der Waals surface area contributed by atoms with Crippen LogP contribution in [0.4, 0.5) is 5.82 Å². The second-order valence-electron chi connectivity index (χ2n) is 5.77. The first-order chi connectivity index (χ1) is 12.1. The molecule has 1 aromatic rings. The lowest BCUT2D eigenvalue weighted by atomic mass is 10.2. The van der Waals surface area contributed by atoms with Gasteiger partial charge in [-0.2, -0.15) is 0 Å². The molecule has 2 aliphatic rings. The number of hydrogen-bond acceptors (Lipinski definition) is 5. The van der Waals surface area contributed by atoms with E-state index in [1.54, 1.807) is 12.4 Å². The molecule has 3 rings (SSSR count). The van der Waals surface area contributed by atoms with Crippen molar-refractivity contribution >= 4 is 40.8 Å². The smallest absolute Gasteiger partial charge is 0.195 e. The van der Waals surface area contributed by atoms with Gasteiger partial charge < -0.3 is 10.3 Å². The van der Waals surface area contributed by atoms with Crippen molar-refractivity contribution in [3.8, 4) is 11.5 Å². The minimum Gasteiger partial charge on any atom is -0.382 e. The van der Waals surface area contributed by atoms with Gasteiger partial charge in [-0.25, -0.2) is 15.0 Å². The van der Waals surface area contributed by atoms with Gasteiger partial charge in [0.1, 0.15) is 0 Å². The number of nitrogens with zero attached hydrogens (tertiary/aromatic N) is 4. The summed E-state index contributed by atoms with van der Waals surface area (Å²) in [6.45, 7) is 3.06. The van der Waals surface area contributed by atoms with Gasteiger partial charge in [0.2, 0.25) is 0 Å². The number of hydrogen-bond donors (Lipinski definition) is 1. The van der Waals surface area contributed by atoms with E-state index in [-0.39, 0.29) is 0 Å². The zero-order chi connectivity index (χ0) is 17.8. The minimum atomic E-state index is 0.392. The van der Waals surface area contributed by atoms with Crippen LogP contribution in [-0.2, 0) is 6.54 Å². The number of rotatable bonds is 7. The minimum absolute atomic E-state index is 0.392. The van der Waals surface area contributed by atoms with Gasteiger partial charge in [-0.1, -0.05) is 49.4 Å². The largest absolute Gasteiger partial charge is 0.382 e. The monoisotopic (exact) mass is 395 g/mol. The number of aromatic nitrogens is 4. The van der Waals surface area contributed by atoms with Crippen molar-refractivity contribution in [3.05, 3.63) is 34.6 Å². The fourth-order valence-electron chi connectivity index (χ4n) is 2.55. The standard InChI is InChI=1S/C17H19Cl2N5S/c1-2-3-4-5-6-24-10-21-15(20)14-16(24)23-17(22-14)25-13-8-11(18)7-12(19)9-13/h7-10H,2-6,20H2,1H3. The van der Waals surface area contributed by atoms with Crippen LogP contribution in [-0.4, -0.2) is 19.5 Å². The molecule has 2 N–H and O–H groups in total. The Bertz CT molecular complexity index is 816. The number of fused-ring (bicyclic) bond motifs is 1. The van der Waals surface area contributed by atoms with E-state index in [4.69, 9.17) is 28.9 Å². The Morgan fingerprint density at radius 2 is 1.84 bits per heavy atom. The maximum Gasteiger partial charge on any atom is 0.195 e. The second kappa shape index (κ2) is 8.25. The van der Waals surface area contributed by atoms with E-state index in [9.17, 15) is 0 Å². The molecule has 0 aromatic heterocycles. The third-order valence-corrected chi connectivity index (χ3v) is 5.04. The summed E-state index contributed by atoms with van der Waals surface area (Å²) in [6, 6.07) is 5.36. The van der Waals surface area contributed by atoms with E-state index in [2.05, 4.69) is 21.9 Å². The Labute approximate surface area is 161 Å². The highest BCUT2D eigenvalue weighted by molar-refractivity contribution is 7.99. The summed E-state index contributed by atoms with van der Waals surface area (Å²) in [7, 11) is 0. The summed E-state index contributed by atoms with van der Waals surface area (Å²) in [6.07, 6.45) is 6.45. The number of nitrogens with two attached hydrogens (primary N) is 1. The zero-order valence-electron chi connectivity index (χ0n) is 13.9. The van der Waals surface area contributed by atoms with Crippen molar-refractivity contribution in [2.75, 3.05) is 5.73 Å². The predicted octanol–water partition coefficient (Wildman–Crippen LogP) is 5.40. The molecule has 0 radical (unpaired) electrons. The fraction of sp³-hybridized carbons (Fsp3) is 0.353. The molecule has 0 aliphatic carbocycles. The number of anilines is 1. The van der Waals surface area contributed by atoms with Gasteiger partial charge in [-0.05, 0) is 36.4 Å². The van der Waals surface area contributed by atoms with Gasteiger partial charge in [0, 0.05) is 21.5 Å². The Balaban J connectivity index is 1.84. The van der Waals surface area contributed by atoms with Gasteiger partial charge in [-0.15, -0.1) is 0 Å². The van der Waals surface area contributed by atoms with Crippen LogP contribution in [0, 0.1) is 0 Å². The highest BCUT2D eigenvalue weighted by Crippen LogP contribution is 2.34. The number of benzene rings is 1. The number of unbranched alkanes of at least 4 members (excludes halogenated alkanes) is 3. The first-order valence-electron chi connectivity index (χ1n) is 8.19. The summed E-state index contributed by atoms with van der Waals surface area (Å²) >= 11 is 13.5. The average Bonchev–Trinajstić information content (AvgIpc) is 2.97. The lowest BCUT2D eigenvalue weighted by molar-refractivity contribution is 0.574. The lowest BCUT2D eigenvalue weighted by Gasteiger charge is -2.10. The lowest BCUT2D eigenvalue weighted by Crippen LogP contribution is -2.08. The molecule has 0 unspecified atom stereocenters. The normalized spacial score (nSPS) is 11.3. The molecule has 0 bridgehead atoms. The molecule has 5 nitrogen and oxygen atoms in total. The maximum absolute atomic E-state index is 6.06. The number of halogens is 2. The molecular weight excluding hydrogens is 377 g/mol. The Morgan fingerprint density at radius 1 is 1.08 bits per heavy atom. The van der Waals surface area contributed by atoms with Crippen molar-refractivity contribution in [1.29, 1.82) is 0 Å². The van der Waals surface area contributed by atoms with Crippen molar-refractivity contribution < 1.29 is 0 Å². The number of imidazole rings is 1. The fourth-order valence-corrected chi connectivity index (χ4v) is 4.05. The maximum atomic E-state index is 6.06. The Kier molecular flexibility index (Phi) is 6.04. The third-order valence-electron chi connectivity index (χ3n) is 3.77. The topological polar surface area (TPSA) is 69.6 Å². The number of aryl methyl sites for hydroxylation is 1. The summed E-state index contributed by atoms with van der Waals surface area (Å²) < 4.78 is 2.02. The van der Waals surface area contributed by atoms with E-state index in [1.165, 1.54) is 31.0 Å². The van der Waals surface area contributed by atoms with Crippen molar-refractivity contribution in [2.45, 2.75) is 49.2 Å². The van der Waals surface area contributed by atoms with Crippen LogP contribution in [0.15, 0.2) is 34.6 Å². The molecule has 1 aromatic carbocycles. The van der Waals surface area contributed by atoms with Crippen LogP contribution in [0.1, 0.15) is 32.6 Å². The van der Waals surface area contributed by atoms with Gasteiger partial charge in [-0.3, -0.25) is 0 Å². The highest BCUT2D eigenvalue weighted by Gasteiger charge is 2.19. The van der Waals surface area contributed by atoms with Gasteiger partial charge in [0.15, 0.2) is 22.5 Å².